The highest BCUT2D eigenvalue weighted by atomic mass is 32.1. The van der Waals surface area contributed by atoms with Crippen LogP contribution in [0.4, 0.5) is 38.7 Å². The third kappa shape index (κ3) is 8.05. The van der Waals surface area contributed by atoms with Crippen LogP contribution in [0.5, 0.6) is 0 Å². The normalized spacial score (nSPS) is 18.0. The van der Waals surface area contributed by atoms with Crippen molar-refractivity contribution in [3.63, 3.8) is 0 Å². The summed E-state index contributed by atoms with van der Waals surface area (Å²) in [5.74, 6) is -1.63. The Labute approximate surface area is 262 Å². The van der Waals surface area contributed by atoms with Gasteiger partial charge in [0.15, 0.2) is 16.8 Å². The Morgan fingerprint density at radius 3 is 2.51 bits per heavy atom. The van der Waals surface area contributed by atoms with Gasteiger partial charge in [0.2, 0.25) is 5.82 Å². The molecule has 0 amide bonds. The van der Waals surface area contributed by atoms with Crippen LogP contribution in [0.1, 0.15) is 49.4 Å². The van der Waals surface area contributed by atoms with Gasteiger partial charge in [-0.3, -0.25) is 14.6 Å². The Hall–Kier alpha value is -3.43. The maximum Gasteiger partial charge on any atom is 0.416 e. The highest BCUT2D eigenvalue weighted by Crippen LogP contribution is 2.39. The smallest absolute Gasteiger partial charge is 0.416 e. The van der Waals surface area contributed by atoms with Crippen LogP contribution in [0.2, 0.25) is 0 Å². The molecule has 2 aromatic heterocycles. The quantitative estimate of drug-likeness (QED) is 0.209. The highest BCUT2D eigenvalue weighted by Gasteiger charge is 2.33. The number of ether oxygens (including phenoxy) is 1. The number of nitrogens with one attached hydrogen (secondary N) is 1. The minimum Gasteiger partial charge on any atom is -0.466 e. The summed E-state index contributed by atoms with van der Waals surface area (Å²) in [6.45, 7) is 9.76. The minimum absolute atomic E-state index is 0.00525. The van der Waals surface area contributed by atoms with E-state index in [4.69, 9.17) is 4.74 Å². The number of esters is 1. The largest absolute Gasteiger partial charge is 0.466 e. The Balaban J connectivity index is 1.39. The fourth-order valence-electron chi connectivity index (χ4n) is 5.64. The van der Waals surface area contributed by atoms with Crippen LogP contribution < -0.4 is 10.2 Å². The molecule has 2 fully saturated rings. The number of carbonyl (C=O) groups excluding carboxylic acids is 1. The van der Waals surface area contributed by atoms with Crippen molar-refractivity contribution in [1.82, 2.24) is 24.8 Å². The molecule has 2 aliphatic rings. The van der Waals surface area contributed by atoms with Crippen molar-refractivity contribution in [2.45, 2.75) is 58.8 Å². The molecule has 0 saturated carbocycles. The van der Waals surface area contributed by atoms with Gasteiger partial charge in [-0.2, -0.15) is 17.6 Å². The van der Waals surface area contributed by atoms with Crippen LogP contribution in [-0.2, 0) is 22.3 Å². The van der Waals surface area contributed by atoms with E-state index < -0.39 is 23.4 Å². The lowest BCUT2D eigenvalue weighted by Crippen LogP contribution is -2.47. The maximum absolute atomic E-state index is 15.9. The molecule has 9 nitrogen and oxygen atoms in total. The highest BCUT2D eigenvalue weighted by molar-refractivity contribution is 7.16. The predicted octanol–water partition coefficient (Wildman–Crippen LogP) is 6.01. The third-order valence-electron chi connectivity index (χ3n) is 8.01. The number of aryl methyl sites for hydroxylation is 1. The van der Waals surface area contributed by atoms with Gasteiger partial charge in [-0.05, 0) is 58.4 Å². The summed E-state index contributed by atoms with van der Waals surface area (Å²) in [6, 6.07) is 2.64. The van der Waals surface area contributed by atoms with E-state index in [0.717, 1.165) is 31.5 Å². The summed E-state index contributed by atoms with van der Waals surface area (Å²) in [5.41, 5.74) is -0.908. The lowest BCUT2D eigenvalue weighted by molar-refractivity contribution is -0.143. The molecule has 45 heavy (non-hydrogen) atoms. The molecule has 0 unspecified atom stereocenters. The Morgan fingerprint density at radius 2 is 1.84 bits per heavy atom. The van der Waals surface area contributed by atoms with Gasteiger partial charge in [0.05, 0.1) is 24.3 Å². The second kappa shape index (κ2) is 13.9. The average Bonchev–Trinajstić information content (AvgIpc) is 3.58. The number of benzene rings is 1. The Bertz CT molecular complexity index is 1510. The minimum atomic E-state index is -4.73. The van der Waals surface area contributed by atoms with E-state index in [0.29, 0.717) is 62.6 Å². The zero-order valence-electron chi connectivity index (χ0n) is 25.4. The number of alkyl halides is 3. The van der Waals surface area contributed by atoms with Crippen LogP contribution in [0, 0.1) is 18.6 Å². The molecule has 4 heterocycles. The van der Waals surface area contributed by atoms with E-state index >= 15 is 4.39 Å². The molecule has 0 spiro atoms. The number of rotatable bonds is 10. The number of nitrogens with zero attached hydrogens (tertiary/aromatic N) is 6. The lowest BCUT2D eigenvalue weighted by atomic mass is 10.1. The molecular weight excluding hydrogens is 617 g/mol. The molecule has 1 aromatic carbocycles. The first kappa shape index (κ1) is 32.9. The number of halogens is 5. The number of aromatic nitrogens is 3. The molecule has 244 valence electrons. The number of hydrogen-bond acceptors (Lipinski definition) is 10. The summed E-state index contributed by atoms with van der Waals surface area (Å²) in [6.07, 6.45) is -2.47. The van der Waals surface area contributed by atoms with Gasteiger partial charge in [0, 0.05) is 55.8 Å². The molecule has 3 aromatic rings. The molecule has 1 N–H and O–H groups in total. The van der Waals surface area contributed by atoms with E-state index in [1.807, 2.05) is 4.90 Å². The van der Waals surface area contributed by atoms with Crippen LogP contribution in [0.15, 0.2) is 18.2 Å². The number of piperazine rings is 1. The number of anilines is 3. The average molecular weight is 654 g/mol. The molecule has 2 saturated heterocycles. The molecule has 15 heteroatoms. The molecule has 1 atom stereocenters. The number of likely N-dealkylation sites (tertiary alicyclic amines) is 1. The monoisotopic (exact) mass is 653 g/mol. The second-order valence-electron chi connectivity index (χ2n) is 11.2. The van der Waals surface area contributed by atoms with Crippen molar-refractivity contribution in [2.75, 3.05) is 56.1 Å². The summed E-state index contributed by atoms with van der Waals surface area (Å²) in [7, 11) is 0. The predicted molar refractivity (Wildman–Crippen MR) is 162 cm³/mol. The number of hydrogen-bond donors (Lipinski definition) is 1. The molecule has 0 bridgehead atoms. The fraction of sp³-hybridized carbons (Fsp3) is 0.533. The standard InChI is InChI=1S/C30H36F5N7O2S/c1-4-44-24(43)7-9-40-10-12-41(13-11-40)28-25(32)27(36-19(3)37-28)39-29-38-26(23(45-29)17-42-8-5-6-18(42)2)20-14-21(30(33,34)35)16-22(31)15-20/h14-16,18H,4-13,17H2,1-3H3,(H,36,37,38,39)/t18-/m1/s1. The lowest BCUT2D eigenvalue weighted by Gasteiger charge is -2.35. The molecular formula is C30H36F5N7O2S. The van der Waals surface area contributed by atoms with Crippen LogP contribution in [0.3, 0.4) is 0 Å². The van der Waals surface area contributed by atoms with Crippen molar-refractivity contribution in [3.05, 3.63) is 46.1 Å². The van der Waals surface area contributed by atoms with Gasteiger partial charge in [-0.25, -0.2) is 19.3 Å². The Kier molecular flexibility index (Phi) is 10.2. The topological polar surface area (TPSA) is 86.7 Å². The number of carbonyl (C=O) groups is 1. The van der Waals surface area contributed by atoms with Crippen LogP contribution in [-0.4, -0.2) is 82.6 Å². The van der Waals surface area contributed by atoms with Gasteiger partial charge < -0.3 is 15.0 Å². The number of thiazole rings is 1. The van der Waals surface area contributed by atoms with Crippen molar-refractivity contribution < 1.29 is 31.5 Å². The van der Waals surface area contributed by atoms with Gasteiger partial charge >= 0.3 is 12.1 Å². The first-order valence-corrected chi connectivity index (χ1v) is 15.8. The van der Waals surface area contributed by atoms with Gasteiger partial charge in [-0.15, -0.1) is 0 Å². The van der Waals surface area contributed by atoms with Crippen LogP contribution >= 0.6 is 11.3 Å². The fourth-order valence-corrected chi connectivity index (χ4v) is 6.65. The first-order chi connectivity index (χ1) is 21.4. The van der Waals surface area contributed by atoms with Crippen molar-refractivity contribution in [3.8, 4) is 11.3 Å². The van der Waals surface area contributed by atoms with E-state index in [-0.39, 0.29) is 46.5 Å². The zero-order chi connectivity index (χ0) is 32.3. The SMILES string of the molecule is CCOC(=O)CCN1CCN(c2nc(C)nc(Nc3nc(-c4cc(F)cc(C(F)(F)F)c4)c(CN4CCC[C@H]4C)s3)c2F)CC1. The van der Waals surface area contributed by atoms with Crippen LogP contribution in [0.25, 0.3) is 11.3 Å². The zero-order valence-corrected chi connectivity index (χ0v) is 26.2. The molecule has 2 aliphatic heterocycles. The summed E-state index contributed by atoms with van der Waals surface area (Å²) in [4.78, 5) is 31.6. The summed E-state index contributed by atoms with van der Waals surface area (Å²) < 4.78 is 75.9. The van der Waals surface area contributed by atoms with Gasteiger partial charge in [0.25, 0.3) is 0 Å². The Morgan fingerprint density at radius 1 is 1.09 bits per heavy atom. The second-order valence-corrected chi connectivity index (χ2v) is 12.3. The maximum atomic E-state index is 15.9. The van der Waals surface area contributed by atoms with E-state index in [9.17, 15) is 22.4 Å². The van der Waals surface area contributed by atoms with E-state index in [2.05, 4.69) is 37.0 Å². The first-order valence-electron chi connectivity index (χ1n) is 15.0. The van der Waals surface area contributed by atoms with E-state index in [1.165, 1.54) is 11.3 Å². The molecule has 0 aliphatic carbocycles. The third-order valence-corrected chi connectivity index (χ3v) is 8.97. The molecule has 0 radical (unpaired) electrons. The van der Waals surface area contributed by atoms with Gasteiger partial charge in [0.1, 0.15) is 11.6 Å². The van der Waals surface area contributed by atoms with E-state index in [1.54, 1.807) is 13.8 Å². The molecule has 5 rings (SSSR count). The summed E-state index contributed by atoms with van der Waals surface area (Å²) >= 11 is 1.17. The van der Waals surface area contributed by atoms with Crippen molar-refractivity contribution >= 4 is 34.1 Å². The van der Waals surface area contributed by atoms with Crippen molar-refractivity contribution in [1.29, 1.82) is 0 Å². The summed E-state index contributed by atoms with van der Waals surface area (Å²) in [5, 5.41) is 3.15. The van der Waals surface area contributed by atoms with Crippen molar-refractivity contribution in [2.24, 2.45) is 0 Å². The van der Waals surface area contributed by atoms with Gasteiger partial charge in [-0.1, -0.05) is 11.3 Å².